The molecule has 0 aliphatic heterocycles. The first kappa shape index (κ1) is 13.2. The predicted octanol–water partition coefficient (Wildman–Crippen LogP) is 4.26. The van der Waals surface area contributed by atoms with Crippen molar-refractivity contribution in [3.63, 3.8) is 0 Å². The van der Waals surface area contributed by atoms with Gasteiger partial charge < -0.3 is 10.1 Å². The van der Waals surface area contributed by atoms with Gasteiger partial charge in [-0.3, -0.25) is 4.79 Å². The van der Waals surface area contributed by atoms with Gasteiger partial charge in [-0.25, -0.2) is 0 Å². The van der Waals surface area contributed by atoms with E-state index in [1.165, 1.54) is 6.08 Å². The van der Waals surface area contributed by atoms with E-state index in [1.54, 1.807) is 36.4 Å². The lowest BCUT2D eigenvalue weighted by molar-refractivity contribution is -0.111. The minimum Gasteiger partial charge on any atom is -0.456 e. The Hall–Kier alpha value is -2.26. The van der Waals surface area contributed by atoms with Crippen molar-refractivity contribution >= 4 is 23.2 Å². The van der Waals surface area contributed by atoms with Gasteiger partial charge in [-0.2, -0.15) is 0 Å². The fourth-order valence-corrected chi connectivity index (χ4v) is 1.63. The van der Waals surface area contributed by atoms with Crippen LogP contribution < -0.4 is 10.1 Å². The molecule has 0 saturated heterocycles. The minimum absolute atomic E-state index is 0.250. The summed E-state index contributed by atoms with van der Waals surface area (Å²) in [6.45, 7) is 3.39. The van der Waals surface area contributed by atoms with E-state index in [0.29, 0.717) is 22.2 Å². The summed E-state index contributed by atoms with van der Waals surface area (Å²) in [6.07, 6.45) is 1.22. The highest BCUT2D eigenvalue weighted by Gasteiger charge is 2.02. The van der Waals surface area contributed by atoms with Crippen LogP contribution in [0.3, 0.4) is 0 Å². The summed E-state index contributed by atoms with van der Waals surface area (Å²) in [5.74, 6) is 0.983. The molecule has 4 heteroatoms. The molecule has 19 heavy (non-hydrogen) atoms. The van der Waals surface area contributed by atoms with Crippen molar-refractivity contribution < 1.29 is 9.53 Å². The Morgan fingerprint density at radius 2 is 1.84 bits per heavy atom. The third kappa shape index (κ3) is 3.60. The normalized spacial score (nSPS) is 9.74. The summed E-state index contributed by atoms with van der Waals surface area (Å²) >= 11 is 6.00. The molecule has 0 aliphatic carbocycles. The molecule has 0 saturated carbocycles. The van der Waals surface area contributed by atoms with Crippen molar-refractivity contribution in [2.75, 3.05) is 5.32 Å². The van der Waals surface area contributed by atoms with Crippen molar-refractivity contribution in [3.8, 4) is 11.5 Å². The smallest absolute Gasteiger partial charge is 0.247 e. The van der Waals surface area contributed by atoms with Gasteiger partial charge in [0.25, 0.3) is 0 Å². The number of carbonyl (C=O) groups excluding carboxylic acids is 1. The fourth-order valence-electron chi connectivity index (χ4n) is 1.45. The molecule has 96 valence electrons. The van der Waals surface area contributed by atoms with Crippen LogP contribution in [0.4, 0.5) is 5.69 Å². The number of hydrogen-bond acceptors (Lipinski definition) is 2. The van der Waals surface area contributed by atoms with E-state index in [-0.39, 0.29) is 5.91 Å². The molecule has 0 radical (unpaired) electrons. The molecule has 1 amide bonds. The zero-order valence-corrected chi connectivity index (χ0v) is 10.9. The van der Waals surface area contributed by atoms with Crippen molar-refractivity contribution in [1.82, 2.24) is 0 Å². The zero-order chi connectivity index (χ0) is 13.7. The molecule has 0 fully saturated rings. The molecule has 1 N–H and O–H groups in total. The lowest BCUT2D eigenvalue weighted by atomic mass is 10.3. The number of carbonyl (C=O) groups is 1. The van der Waals surface area contributed by atoms with Gasteiger partial charge in [0.2, 0.25) is 5.91 Å². The molecule has 0 aliphatic rings. The summed E-state index contributed by atoms with van der Waals surface area (Å²) < 4.78 is 5.63. The molecule has 0 atom stereocenters. The molecule has 2 rings (SSSR count). The van der Waals surface area contributed by atoms with Gasteiger partial charge in [0.15, 0.2) is 0 Å². The summed E-state index contributed by atoms with van der Waals surface area (Å²) in [4.78, 5) is 11.1. The van der Waals surface area contributed by atoms with E-state index in [4.69, 9.17) is 16.3 Å². The van der Waals surface area contributed by atoms with Crippen LogP contribution in [0.5, 0.6) is 11.5 Å². The molecule has 0 heterocycles. The Morgan fingerprint density at radius 1 is 1.16 bits per heavy atom. The van der Waals surface area contributed by atoms with Crippen molar-refractivity contribution in [2.45, 2.75) is 0 Å². The Balaban J connectivity index is 2.09. The largest absolute Gasteiger partial charge is 0.456 e. The molecule has 3 nitrogen and oxygen atoms in total. The molecule has 0 unspecified atom stereocenters. The van der Waals surface area contributed by atoms with Gasteiger partial charge in [0, 0.05) is 5.69 Å². The lowest BCUT2D eigenvalue weighted by Crippen LogP contribution is -2.06. The number of para-hydroxylation sites is 1. The summed E-state index contributed by atoms with van der Waals surface area (Å²) in [5.41, 5.74) is 0.677. The molecule has 0 bridgehead atoms. The zero-order valence-electron chi connectivity index (χ0n) is 10.1. The Bertz CT molecular complexity index is 593. The summed E-state index contributed by atoms with van der Waals surface area (Å²) in [6, 6.07) is 14.2. The first-order valence-corrected chi connectivity index (χ1v) is 6.02. The summed E-state index contributed by atoms with van der Waals surface area (Å²) in [5, 5.41) is 3.20. The molecule has 2 aromatic rings. The van der Waals surface area contributed by atoms with Gasteiger partial charge in [-0.15, -0.1) is 0 Å². The van der Waals surface area contributed by atoms with Crippen LogP contribution in [0.1, 0.15) is 0 Å². The number of amides is 1. The average molecular weight is 274 g/mol. The van der Waals surface area contributed by atoms with Gasteiger partial charge in [0.1, 0.15) is 11.5 Å². The quantitative estimate of drug-likeness (QED) is 0.846. The monoisotopic (exact) mass is 273 g/mol. The second-order valence-corrected chi connectivity index (χ2v) is 4.16. The first-order chi connectivity index (χ1) is 9.19. The van der Waals surface area contributed by atoms with Crippen LogP contribution >= 0.6 is 11.6 Å². The fraction of sp³-hybridized carbons (Fsp3) is 0. The number of halogens is 1. The molecular weight excluding hydrogens is 262 g/mol. The number of hydrogen-bond donors (Lipinski definition) is 1. The average Bonchev–Trinajstić information content (AvgIpc) is 2.43. The highest BCUT2D eigenvalue weighted by Crippen LogP contribution is 2.29. The van der Waals surface area contributed by atoms with Gasteiger partial charge >= 0.3 is 0 Å². The molecule has 0 spiro atoms. The number of nitrogens with one attached hydrogen (secondary N) is 1. The van der Waals surface area contributed by atoms with Crippen molar-refractivity contribution in [2.24, 2.45) is 0 Å². The summed E-state index contributed by atoms with van der Waals surface area (Å²) in [7, 11) is 0. The Labute approximate surface area is 116 Å². The van der Waals surface area contributed by atoms with E-state index in [2.05, 4.69) is 11.9 Å². The maximum Gasteiger partial charge on any atom is 0.247 e. The Kier molecular flexibility index (Phi) is 4.21. The lowest BCUT2D eigenvalue weighted by Gasteiger charge is -2.08. The molecule has 0 aromatic heterocycles. The highest BCUT2D eigenvalue weighted by atomic mass is 35.5. The van der Waals surface area contributed by atoms with E-state index in [0.717, 1.165) is 0 Å². The Morgan fingerprint density at radius 3 is 2.47 bits per heavy atom. The van der Waals surface area contributed by atoms with Crippen LogP contribution in [0.25, 0.3) is 0 Å². The third-order valence-electron chi connectivity index (χ3n) is 2.37. The SMILES string of the molecule is C=CC(=O)Nc1ccc(Oc2ccccc2Cl)cc1. The highest BCUT2D eigenvalue weighted by molar-refractivity contribution is 6.32. The molecular formula is C15H12ClNO2. The minimum atomic E-state index is -0.250. The van der Waals surface area contributed by atoms with Gasteiger partial charge in [-0.05, 0) is 42.5 Å². The van der Waals surface area contributed by atoms with E-state index in [9.17, 15) is 4.79 Å². The standard InChI is InChI=1S/C15H12ClNO2/c1-2-15(18)17-11-7-9-12(10-8-11)19-14-6-4-3-5-13(14)16/h2-10H,1H2,(H,17,18). The molecule has 2 aromatic carbocycles. The van der Waals surface area contributed by atoms with Crippen LogP contribution in [-0.2, 0) is 4.79 Å². The number of rotatable bonds is 4. The van der Waals surface area contributed by atoms with Crippen LogP contribution in [-0.4, -0.2) is 5.91 Å². The van der Waals surface area contributed by atoms with E-state index in [1.807, 2.05) is 12.1 Å². The second kappa shape index (κ2) is 6.07. The van der Waals surface area contributed by atoms with E-state index < -0.39 is 0 Å². The third-order valence-corrected chi connectivity index (χ3v) is 2.68. The number of ether oxygens (including phenoxy) is 1. The maximum absolute atomic E-state index is 11.1. The van der Waals surface area contributed by atoms with Gasteiger partial charge in [-0.1, -0.05) is 30.3 Å². The van der Waals surface area contributed by atoms with Gasteiger partial charge in [0.05, 0.1) is 5.02 Å². The van der Waals surface area contributed by atoms with Crippen molar-refractivity contribution in [3.05, 3.63) is 66.2 Å². The van der Waals surface area contributed by atoms with Crippen LogP contribution in [0, 0.1) is 0 Å². The van der Waals surface area contributed by atoms with Crippen LogP contribution in [0.15, 0.2) is 61.2 Å². The number of benzene rings is 2. The van der Waals surface area contributed by atoms with Crippen LogP contribution in [0.2, 0.25) is 5.02 Å². The predicted molar refractivity (Wildman–Crippen MR) is 76.8 cm³/mol. The second-order valence-electron chi connectivity index (χ2n) is 3.75. The maximum atomic E-state index is 11.1. The van der Waals surface area contributed by atoms with E-state index >= 15 is 0 Å². The van der Waals surface area contributed by atoms with Crippen molar-refractivity contribution in [1.29, 1.82) is 0 Å². The number of anilines is 1. The topological polar surface area (TPSA) is 38.3 Å². The first-order valence-electron chi connectivity index (χ1n) is 5.65.